The van der Waals surface area contributed by atoms with Crippen LogP contribution < -0.4 is 5.32 Å². The minimum absolute atomic E-state index is 0.604. The Hall–Kier alpha value is -0.0800. The van der Waals surface area contributed by atoms with Crippen LogP contribution in [0.25, 0.3) is 0 Å². The highest BCUT2D eigenvalue weighted by atomic mass is 16.5. The van der Waals surface area contributed by atoms with Crippen molar-refractivity contribution < 1.29 is 4.74 Å². The normalized spacial score (nSPS) is 32.0. The molecule has 2 aliphatic rings. The fraction of sp³-hybridized carbons (Fsp3) is 1.00. The third-order valence-electron chi connectivity index (χ3n) is 4.08. The van der Waals surface area contributed by atoms with Gasteiger partial charge in [0.25, 0.3) is 0 Å². The van der Waals surface area contributed by atoms with Crippen LogP contribution in [0.3, 0.4) is 0 Å². The molecule has 0 aromatic heterocycles. The summed E-state index contributed by atoms with van der Waals surface area (Å²) < 4.78 is 5.37. The van der Waals surface area contributed by atoms with Gasteiger partial charge in [0.2, 0.25) is 0 Å². The number of hydrogen-bond donors (Lipinski definition) is 1. The Labute approximate surface area is 93.8 Å². The predicted octanol–water partition coefficient (Wildman–Crippen LogP) is 2.58. The lowest BCUT2D eigenvalue weighted by molar-refractivity contribution is 0.175. The number of ether oxygens (including phenoxy) is 1. The molecule has 0 aromatic carbocycles. The highest BCUT2D eigenvalue weighted by molar-refractivity contribution is 4.81. The average molecular weight is 211 g/mol. The first kappa shape index (κ1) is 11.4. The lowest BCUT2D eigenvalue weighted by Gasteiger charge is -2.34. The Morgan fingerprint density at radius 3 is 2.53 bits per heavy atom. The van der Waals surface area contributed by atoms with Crippen molar-refractivity contribution in [3.8, 4) is 0 Å². The minimum Gasteiger partial charge on any atom is -0.380 e. The summed E-state index contributed by atoms with van der Waals surface area (Å²) in [4.78, 5) is 0. The lowest BCUT2D eigenvalue weighted by Crippen LogP contribution is -2.35. The quantitative estimate of drug-likeness (QED) is 0.774. The molecule has 1 aliphatic carbocycles. The Morgan fingerprint density at radius 1 is 1.20 bits per heavy atom. The van der Waals surface area contributed by atoms with Gasteiger partial charge in [-0.25, -0.2) is 0 Å². The Bertz CT molecular complexity index is 187. The molecule has 0 radical (unpaired) electrons. The molecular formula is C13H25NO. The van der Waals surface area contributed by atoms with Crippen LogP contribution in [0, 0.1) is 11.3 Å². The monoisotopic (exact) mass is 211 g/mol. The molecule has 0 amide bonds. The maximum Gasteiger partial charge on any atom is 0.0620 e. The maximum absolute atomic E-state index is 5.37. The van der Waals surface area contributed by atoms with Crippen molar-refractivity contribution in [2.24, 2.45) is 11.3 Å². The van der Waals surface area contributed by atoms with E-state index in [9.17, 15) is 0 Å². The molecule has 2 heteroatoms. The highest BCUT2D eigenvalue weighted by Crippen LogP contribution is 2.37. The van der Waals surface area contributed by atoms with Gasteiger partial charge in [-0.05, 0) is 50.0 Å². The topological polar surface area (TPSA) is 21.3 Å². The average Bonchev–Trinajstić information content (AvgIpc) is 2.69. The van der Waals surface area contributed by atoms with E-state index in [2.05, 4.69) is 19.2 Å². The highest BCUT2D eigenvalue weighted by Gasteiger charge is 2.27. The molecule has 1 N–H and O–H groups in total. The van der Waals surface area contributed by atoms with Gasteiger partial charge in [0.1, 0.15) is 0 Å². The lowest BCUT2D eigenvalue weighted by atomic mass is 9.73. The van der Waals surface area contributed by atoms with Crippen molar-refractivity contribution in [3.05, 3.63) is 0 Å². The third-order valence-corrected chi connectivity index (χ3v) is 4.08. The van der Waals surface area contributed by atoms with Crippen LogP contribution in [-0.4, -0.2) is 25.8 Å². The Balaban J connectivity index is 1.64. The molecule has 0 aromatic rings. The van der Waals surface area contributed by atoms with Crippen LogP contribution in [0.1, 0.15) is 46.0 Å². The zero-order valence-corrected chi connectivity index (χ0v) is 10.2. The van der Waals surface area contributed by atoms with Gasteiger partial charge in [-0.3, -0.25) is 0 Å². The molecule has 2 rings (SSSR count). The standard InChI is InChI=1S/C13H25NO/c1-13(2)6-3-11(4-7-13)9-14-12-5-8-15-10-12/h11-12,14H,3-10H2,1-2H3. The first-order chi connectivity index (χ1) is 7.16. The van der Waals surface area contributed by atoms with Gasteiger partial charge in [0, 0.05) is 12.6 Å². The van der Waals surface area contributed by atoms with E-state index >= 15 is 0 Å². The predicted molar refractivity (Wildman–Crippen MR) is 63.0 cm³/mol. The van der Waals surface area contributed by atoms with Gasteiger partial charge >= 0.3 is 0 Å². The summed E-state index contributed by atoms with van der Waals surface area (Å²) in [7, 11) is 0. The summed E-state index contributed by atoms with van der Waals surface area (Å²) in [5.74, 6) is 0.915. The van der Waals surface area contributed by atoms with Crippen LogP contribution in [0.4, 0.5) is 0 Å². The second-order valence-electron chi connectivity index (χ2n) is 6.08. The fourth-order valence-electron chi connectivity index (χ4n) is 2.69. The number of nitrogens with one attached hydrogen (secondary N) is 1. The SMILES string of the molecule is CC1(C)CCC(CNC2CCOC2)CC1. The second-order valence-corrected chi connectivity index (χ2v) is 6.08. The van der Waals surface area contributed by atoms with Crippen LogP contribution in [-0.2, 0) is 4.74 Å². The van der Waals surface area contributed by atoms with E-state index in [1.807, 2.05) is 0 Å². The molecule has 1 heterocycles. The summed E-state index contributed by atoms with van der Waals surface area (Å²) in [6.07, 6.45) is 6.83. The zero-order valence-electron chi connectivity index (χ0n) is 10.2. The van der Waals surface area contributed by atoms with Crippen molar-refractivity contribution in [2.75, 3.05) is 19.8 Å². The first-order valence-corrected chi connectivity index (χ1v) is 6.47. The summed E-state index contributed by atoms with van der Waals surface area (Å²) in [5.41, 5.74) is 0.604. The van der Waals surface area contributed by atoms with E-state index in [4.69, 9.17) is 4.74 Å². The minimum atomic E-state index is 0.604. The molecule has 1 saturated heterocycles. The van der Waals surface area contributed by atoms with E-state index < -0.39 is 0 Å². The van der Waals surface area contributed by atoms with Crippen molar-refractivity contribution in [3.63, 3.8) is 0 Å². The molecule has 1 saturated carbocycles. The maximum atomic E-state index is 5.37. The summed E-state index contributed by atoms with van der Waals surface area (Å²) in [6.45, 7) is 7.90. The van der Waals surface area contributed by atoms with Gasteiger partial charge in [0.15, 0.2) is 0 Å². The summed E-state index contributed by atoms with van der Waals surface area (Å²) in [5, 5.41) is 3.65. The van der Waals surface area contributed by atoms with Gasteiger partial charge in [-0.2, -0.15) is 0 Å². The molecule has 0 spiro atoms. The molecule has 1 unspecified atom stereocenters. The van der Waals surface area contributed by atoms with Gasteiger partial charge < -0.3 is 10.1 Å². The van der Waals surface area contributed by atoms with Crippen LogP contribution in [0.15, 0.2) is 0 Å². The van der Waals surface area contributed by atoms with Gasteiger partial charge in [-0.1, -0.05) is 13.8 Å². The Morgan fingerprint density at radius 2 is 1.93 bits per heavy atom. The van der Waals surface area contributed by atoms with Crippen molar-refractivity contribution in [1.82, 2.24) is 5.32 Å². The van der Waals surface area contributed by atoms with Crippen molar-refractivity contribution in [1.29, 1.82) is 0 Å². The fourth-order valence-corrected chi connectivity index (χ4v) is 2.69. The largest absolute Gasteiger partial charge is 0.380 e. The molecule has 88 valence electrons. The molecule has 15 heavy (non-hydrogen) atoms. The van der Waals surface area contributed by atoms with Crippen LogP contribution in [0.2, 0.25) is 0 Å². The molecule has 1 aliphatic heterocycles. The van der Waals surface area contributed by atoms with E-state index in [0.29, 0.717) is 11.5 Å². The molecule has 2 fully saturated rings. The molecule has 0 bridgehead atoms. The van der Waals surface area contributed by atoms with Gasteiger partial charge in [0.05, 0.1) is 6.61 Å². The Kier molecular flexibility index (Phi) is 3.68. The van der Waals surface area contributed by atoms with Crippen LogP contribution in [0.5, 0.6) is 0 Å². The van der Waals surface area contributed by atoms with E-state index in [1.54, 1.807) is 0 Å². The summed E-state index contributed by atoms with van der Waals surface area (Å²) in [6, 6.07) is 0.639. The second kappa shape index (κ2) is 4.84. The number of rotatable bonds is 3. The van der Waals surface area contributed by atoms with Crippen molar-refractivity contribution >= 4 is 0 Å². The molecular weight excluding hydrogens is 186 g/mol. The van der Waals surface area contributed by atoms with E-state index in [-0.39, 0.29) is 0 Å². The van der Waals surface area contributed by atoms with E-state index in [0.717, 1.165) is 19.1 Å². The zero-order chi connectivity index (χ0) is 10.7. The third kappa shape index (κ3) is 3.46. The van der Waals surface area contributed by atoms with Crippen molar-refractivity contribution in [2.45, 2.75) is 52.0 Å². The molecule has 1 atom stereocenters. The molecule has 2 nitrogen and oxygen atoms in total. The number of hydrogen-bond acceptors (Lipinski definition) is 2. The summed E-state index contributed by atoms with van der Waals surface area (Å²) >= 11 is 0. The van der Waals surface area contributed by atoms with Gasteiger partial charge in [-0.15, -0.1) is 0 Å². The van der Waals surface area contributed by atoms with E-state index in [1.165, 1.54) is 38.6 Å². The van der Waals surface area contributed by atoms with Crippen LogP contribution >= 0.6 is 0 Å². The smallest absolute Gasteiger partial charge is 0.0620 e. The first-order valence-electron chi connectivity index (χ1n) is 6.47.